The van der Waals surface area contributed by atoms with Gasteiger partial charge in [0, 0.05) is 28.8 Å². The van der Waals surface area contributed by atoms with E-state index in [2.05, 4.69) is 30.4 Å². The van der Waals surface area contributed by atoms with Crippen molar-refractivity contribution < 1.29 is 5.21 Å². The first-order chi connectivity index (χ1) is 7.52. The molecular formula is C11H19N3OS. The maximum absolute atomic E-state index is 8.45. The molecule has 5 heteroatoms. The van der Waals surface area contributed by atoms with Gasteiger partial charge in [-0.25, -0.2) is 0 Å². The molecule has 0 aliphatic carbocycles. The van der Waals surface area contributed by atoms with Crippen LogP contribution >= 0.6 is 11.3 Å². The van der Waals surface area contributed by atoms with Crippen molar-refractivity contribution in [2.45, 2.75) is 39.8 Å². The predicted octanol–water partition coefficient (Wildman–Crippen LogP) is 1.98. The predicted molar refractivity (Wildman–Crippen MR) is 68.1 cm³/mol. The molecule has 1 unspecified atom stereocenters. The topological polar surface area (TPSA) is 70.6 Å². The maximum Gasteiger partial charge on any atom is 0.140 e. The van der Waals surface area contributed by atoms with E-state index >= 15 is 0 Å². The Bertz CT molecular complexity index is 354. The van der Waals surface area contributed by atoms with E-state index in [1.807, 2.05) is 18.3 Å². The third kappa shape index (κ3) is 3.83. The SMILES string of the molecule is Cc1cc(CNC(C)CC(N)=NO)sc1C. The zero-order valence-electron chi connectivity index (χ0n) is 9.95. The molecule has 1 heterocycles. The second-order valence-electron chi connectivity index (χ2n) is 4.03. The highest BCUT2D eigenvalue weighted by atomic mass is 32.1. The van der Waals surface area contributed by atoms with Gasteiger partial charge in [-0.3, -0.25) is 0 Å². The molecule has 0 aliphatic heterocycles. The lowest BCUT2D eigenvalue weighted by atomic mass is 10.2. The summed E-state index contributed by atoms with van der Waals surface area (Å²) in [5, 5.41) is 14.7. The summed E-state index contributed by atoms with van der Waals surface area (Å²) in [5.74, 6) is 0.263. The molecule has 0 spiro atoms. The number of nitrogens with one attached hydrogen (secondary N) is 1. The van der Waals surface area contributed by atoms with E-state index in [0.717, 1.165) is 6.54 Å². The molecule has 1 atom stereocenters. The summed E-state index contributed by atoms with van der Waals surface area (Å²) in [5.41, 5.74) is 6.77. The smallest absolute Gasteiger partial charge is 0.140 e. The Hall–Kier alpha value is -1.07. The second-order valence-corrected chi connectivity index (χ2v) is 5.37. The van der Waals surface area contributed by atoms with Crippen LogP contribution in [0.5, 0.6) is 0 Å². The Morgan fingerprint density at radius 2 is 2.31 bits per heavy atom. The van der Waals surface area contributed by atoms with Crippen molar-refractivity contribution in [2.24, 2.45) is 10.9 Å². The highest BCUT2D eigenvalue weighted by molar-refractivity contribution is 7.12. The van der Waals surface area contributed by atoms with Crippen molar-refractivity contribution in [1.29, 1.82) is 0 Å². The van der Waals surface area contributed by atoms with Gasteiger partial charge in [-0.2, -0.15) is 0 Å². The fraction of sp³-hybridized carbons (Fsp3) is 0.545. The molecule has 0 fully saturated rings. The molecule has 0 saturated carbocycles. The number of oxime groups is 1. The van der Waals surface area contributed by atoms with Gasteiger partial charge in [0.1, 0.15) is 5.84 Å². The number of nitrogens with two attached hydrogens (primary N) is 1. The third-order valence-electron chi connectivity index (χ3n) is 2.49. The molecule has 1 aromatic heterocycles. The molecule has 16 heavy (non-hydrogen) atoms. The lowest BCUT2D eigenvalue weighted by Gasteiger charge is -2.11. The van der Waals surface area contributed by atoms with Crippen molar-refractivity contribution >= 4 is 17.2 Å². The van der Waals surface area contributed by atoms with Gasteiger partial charge >= 0.3 is 0 Å². The molecule has 4 nitrogen and oxygen atoms in total. The van der Waals surface area contributed by atoms with Crippen LogP contribution in [0.4, 0.5) is 0 Å². The van der Waals surface area contributed by atoms with E-state index in [1.165, 1.54) is 15.3 Å². The number of thiophene rings is 1. The average molecular weight is 241 g/mol. The monoisotopic (exact) mass is 241 g/mol. The van der Waals surface area contributed by atoms with E-state index in [-0.39, 0.29) is 11.9 Å². The van der Waals surface area contributed by atoms with Crippen LogP contribution in [-0.2, 0) is 6.54 Å². The highest BCUT2D eigenvalue weighted by Gasteiger charge is 2.06. The van der Waals surface area contributed by atoms with Crippen LogP contribution in [0.25, 0.3) is 0 Å². The van der Waals surface area contributed by atoms with E-state index in [0.29, 0.717) is 6.42 Å². The van der Waals surface area contributed by atoms with Crippen LogP contribution in [0.2, 0.25) is 0 Å². The number of hydrogen-bond donors (Lipinski definition) is 3. The molecule has 0 amide bonds. The number of amidine groups is 1. The van der Waals surface area contributed by atoms with Gasteiger partial charge in [0.15, 0.2) is 0 Å². The Labute approximate surface area is 100 Å². The summed E-state index contributed by atoms with van der Waals surface area (Å²) in [6.45, 7) is 7.10. The minimum Gasteiger partial charge on any atom is -0.409 e. The van der Waals surface area contributed by atoms with Gasteiger partial charge in [0.2, 0.25) is 0 Å². The molecule has 0 aliphatic rings. The van der Waals surface area contributed by atoms with Crippen LogP contribution < -0.4 is 11.1 Å². The van der Waals surface area contributed by atoms with Gasteiger partial charge in [-0.05, 0) is 32.4 Å². The highest BCUT2D eigenvalue weighted by Crippen LogP contribution is 2.20. The van der Waals surface area contributed by atoms with Gasteiger partial charge in [-0.15, -0.1) is 11.3 Å². The molecule has 0 aromatic carbocycles. The molecule has 0 radical (unpaired) electrons. The summed E-state index contributed by atoms with van der Waals surface area (Å²) >= 11 is 1.81. The van der Waals surface area contributed by atoms with Gasteiger partial charge in [0.25, 0.3) is 0 Å². The molecule has 1 aromatic rings. The number of nitrogens with zero attached hydrogens (tertiary/aromatic N) is 1. The normalized spacial score (nSPS) is 14.1. The molecule has 1 rings (SSSR count). The van der Waals surface area contributed by atoms with Gasteiger partial charge in [0.05, 0.1) is 0 Å². The van der Waals surface area contributed by atoms with Crippen LogP contribution in [-0.4, -0.2) is 17.1 Å². The summed E-state index contributed by atoms with van der Waals surface area (Å²) in [6.07, 6.45) is 0.555. The summed E-state index contributed by atoms with van der Waals surface area (Å²) < 4.78 is 0. The Morgan fingerprint density at radius 1 is 1.62 bits per heavy atom. The Kier molecular flexibility index (Phi) is 4.76. The lowest BCUT2D eigenvalue weighted by Crippen LogP contribution is -2.30. The van der Waals surface area contributed by atoms with E-state index in [1.54, 1.807) is 0 Å². The number of hydrogen-bond acceptors (Lipinski definition) is 4. The summed E-state index contributed by atoms with van der Waals surface area (Å²) in [7, 11) is 0. The van der Waals surface area contributed by atoms with Crippen molar-refractivity contribution in [3.05, 3.63) is 21.4 Å². The minimum atomic E-state index is 0.207. The third-order valence-corrected chi connectivity index (χ3v) is 3.64. The van der Waals surface area contributed by atoms with Crippen molar-refractivity contribution in [3.8, 4) is 0 Å². The van der Waals surface area contributed by atoms with Gasteiger partial charge in [-0.1, -0.05) is 5.16 Å². The fourth-order valence-corrected chi connectivity index (χ4v) is 2.44. The van der Waals surface area contributed by atoms with Crippen LogP contribution in [0.3, 0.4) is 0 Å². The molecule has 0 bridgehead atoms. The lowest BCUT2D eigenvalue weighted by molar-refractivity contribution is 0.316. The van der Waals surface area contributed by atoms with E-state index < -0.39 is 0 Å². The van der Waals surface area contributed by atoms with Crippen molar-refractivity contribution in [3.63, 3.8) is 0 Å². The summed E-state index contributed by atoms with van der Waals surface area (Å²) in [6, 6.07) is 2.40. The quantitative estimate of drug-likeness (QED) is 0.319. The minimum absolute atomic E-state index is 0.207. The zero-order chi connectivity index (χ0) is 12.1. The first-order valence-electron chi connectivity index (χ1n) is 5.28. The first-order valence-corrected chi connectivity index (χ1v) is 6.10. The van der Waals surface area contributed by atoms with E-state index in [4.69, 9.17) is 10.9 Å². The van der Waals surface area contributed by atoms with Crippen molar-refractivity contribution in [1.82, 2.24) is 5.32 Å². The maximum atomic E-state index is 8.45. The fourth-order valence-electron chi connectivity index (χ4n) is 1.44. The molecule has 90 valence electrons. The van der Waals surface area contributed by atoms with Crippen LogP contribution in [0.1, 0.15) is 28.7 Å². The Morgan fingerprint density at radius 3 is 2.81 bits per heavy atom. The molecule has 4 N–H and O–H groups in total. The second kappa shape index (κ2) is 5.86. The number of rotatable bonds is 5. The average Bonchev–Trinajstić information content (AvgIpc) is 2.55. The largest absolute Gasteiger partial charge is 0.409 e. The zero-order valence-corrected chi connectivity index (χ0v) is 10.8. The van der Waals surface area contributed by atoms with Gasteiger partial charge < -0.3 is 16.3 Å². The first kappa shape index (κ1) is 13.0. The Balaban J connectivity index is 2.40. The standard InChI is InChI=1S/C11H19N3OS/c1-7-4-10(16-9(7)3)6-13-8(2)5-11(12)14-15/h4,8,13,15H,5-6H2,1-3H3,(H2,12,14). The summed E-state index contributed by atoms with van der Waals surface area (Å²) in [4.78, 5) is 2.68. The van der Waals surface area contributed by atoms with Crippen molar-refractivity contribution in [2.75, 3.05) is 0 Å². The molecular weight excluding hydrogens is 222 g/mol. The van der Waals surface area contributed by atoms with Crippen LogP contribution in [0.15, 0.2) is 11.2 Å². The van der Waals surface area contributed by atoms with E-state index in [9.17, 15) is 0 Å². The molecule has 0 saturated heterocycles. The number of aryl methyl sites for hydroxylation is 2. The van der Waals surface area contributed by atoms with Crippen LogP contribution in [0, 0.1) is 13.8 Å².